The maximum Gasteiger partial charge on any atom is 0.162 e. The van der Waals surface area contributed by atoms with E-state index >= 15 is 0 Å². The van der Waals surface area contributed by atoms with Crippen LogP contribution < -0.4 is 9.47 Å². The van der Waals surface area contributed by atoms with E-state index in [0.717, 1.165) is 5.56 Å². The largest absolute Gasteiger partial charge is 0.497 e. The molecule has 0 aliphatic heterocycles. The van der Waals surface area contributed by atoms with Gasteiger partial charge in [0.25, 0.3) is 0 Å². The van der Waals surface area contributed by atoms with Crippen LogP contribution in [0.25, 0.3) is 22.3 Å². The van der Waals surface area contributed by atoms with Crippen LogP contribution in [0.3, 0.4) is 0 Å². The highest BCUT2D eigenvalue weighted by Crippen LogP contribution is 2.35. The molecule has 0 saturated carbocycles. The predicted molar refractivity (Wildman–Crippen MR) is 81.0 cm³/mol. The first-order valence-corrected chi connectivity index (χ1v) is 7.17. The maximum atomic E-state index is 6.29. The van der Waals surface area contributed by atoms with E-state index in [9.17, 15) is 0 Å². The summed E-state index contributed by atoms with van der Waals surface area (Å²) in [6.07, 6.45) is 0. The number of benzene rings is 1. The summed E-state index contributed by atoms with van der Waals surface area (Å²) in [7, 11) is 3.18. The van der Waals surface area contributed by atoms with Crippen molar-refractivity contribution in [2.75, 3.05) is 14.2 Å². The van der Waals surface area contributed by atoms with Gasteiger partial charge in [-0.3, -0.25) is 0 Å². The molecule has 0 radical (unpaired) electrons. The van der Waals surface area contributed by atoms with Crippen LogP contribution in [0, 0.1) is 0 Å². The van der Waals surface area contributed by atoms with Crippen molar-refractivity contribution in [2.45, 2.75) is 0 Å². The molecule has 1 aromatic carbocycles. The molecule has 6 heteroatoms. The average molecular weight is 307 g/mol. The third-order valence-electron chi connectivity index (χ3n) is 2.93. The zero-order chi connectivity index (χ0) is 14.1. The number of thiophene rings is 1. The van der Waals surface area contributed by atoms with Gasteiger partial charge in [0.15, 0.2) is 5.82 Å². The summed E-state index contributed by atoms with van der Waals surface area (Å²) >= 11 is 7.88. The molecule has 0 amide bonds. The zero-order valence-electron chi connectivity index (χ0n) is 10.9. The maximum absolute atomic E-state index is 6.29. The predicted octanol–water partition coefficient (Wildman–Crippen LogP) is 4.03. The molecule has 0 aliphatic rings. The Balaban J connectivity index is 2.30. The van der Waals surface area contributed by atoms with Crippen LogP contribution in [0.4, 0.5) is 0 Å². The van der Waals surface area contributed by atoms with Gasteiger partial charge < -0.3 is 9.47 Å². The normalized spacial score (nSPS) is 10.8. The highest BCUT2D eigenvalue weighted by atomic mass is 35.5. The lowest BCUT2D eigenvalue weighted by Gasteiger charge is -2.10. The van der Waals surface area contributed by atoms with E-state index in [1.54, 1.807) is 31.6 Å². The molecule has 0 unspecified atom stereocenters. The Morgan fingerprint density at radius 1 is 1.15 bits per heavy atom. The van der Waals surface area contributed by atoms with Crippen LogP contribution in [-0.2, 0) is 0 Å². The van der Waals surface area contributed by atoms with Gasteiger partial charge in [-0.25, -0.2) is 9.97 Å². The number of rotatable bonds is 3. The van der Waals surface area contributed by atoms with Gasteiger partial charge in [-0.1, -0.05) is 11.6 Å². The number of fused-ring (bicyclic) bond motifs is 1. The number of nitrogens with zero attached hydrogens (tertiary/aromatic N) is 2. The summed E-state index contributed by atoms with van der Waals surface area (Å²) in [4.78, 5) is 8.89. The van der Waals surface area contributed by atoms with Gasteiger partial charge in [0, 0.05) is 23.1 Å². The molecule has 0 N–H and O–H groups in total. The molecule has 0 saturated heterocycles. The number of hydrogen-bond donors (Lipinski definition) is 0. The van der Waals surface area contributed by atoms with Gasteiger partial charge in [0.05, 0.1) is 25.1 Å². The Morgan fingerprint density at radius 2 is 2.00 bits per heavy atom. The molecule has 0 atom stereocenters. The summed E-state index contributed by atoms with van der Waals surface area (Å²) in [5, 5.41) is 5.02. The molecule has 0 aliphatic carbocycles. The van der Waals surface area contributed by atoms with Gasteiger partial charge in [-0.2, -0.15) is 11.3 Å². The minimum absolute atomic E-state index is 0.371. The Kier molecular flexibility index (Phi) is 3.46. The van der Waals surface area contributed by atoms with E-state index in [4.69, 9.17) is 21.1 Å². The average Bonchev–Trinajstić information content (AvgIpc) is 2.99. The van der Waals surface area contributed by atoms with Gasteiger partial charge in [-0.15, -0.1) is 0 Å². The highest BCUT2D eigenvalue weighted by molar-refractivity contribution is 7.08. The van der Waals surface area contributed by atoms with Crippen LogP contribution in [0.5, 0.6) is 11.5 Å². The second-order valence-electron chi connectivity index (χ2n) is 4.07. The van der Waals surface area contributed by atoms with Gasteiger partial charge in [0.1, 0.15) is 16.7 Å². The molecule has 2 aromatic heterocycles. The summed E-state index contributed by atoms with van der Waals surface area (Å²) in [6, 6.07) is 5.54. The fourth-order valence-corrected chi connectivity index (χ4v) is 2.86. The van der Waals surface area contributed by atoms with E-state index in [1.165, 1.54) is 0 Å². The van der Waals surface area contributed by atoms with E-state index in [2.05, 4.69) is 9.97 Å². The number of aromatic nitrogens is 2. The molecule has 4 nitrogen and oxygen atoms in total. The molecule has 3 rings (SSSR count). The fraction of sp³-hybridized carbons (Fsp3) is 0.143. The standard InChI is InChI=1S/C14H11ClN2O2S/c1-18-9-5-10-12(11(6-9)19-2)13(15)17-14(16-10)8-3-4-20-7-8/h3-7H,1-2H3. The van der Waals surface area contributed by atoms with Crippen molar-refractivity contribution in [3.8, 4) is 22.9 Å². The van der Waals surface area contributed by atoms with Crippen molar-refractivity contribution in [2.24, 2.45) is 0 Å². The van der Waals surface area contributed by atoms with E-state index in [0.29, 0.717) is 33.4 Å². The second kappa shape index (κ2) is 5.26. The number of hydrogen-bond acceptors (Lipinski definition) is 5. The lowest BCUT2D eigenvalue weighted by Crippen LogP contribution is -1.95. The van der Waals surface area contributed by atoms with Crippen molar-refractivity contribution in [1.82, 2.24) is 9.97 Å². The monoisotopic (exact) mass is 306 g/mol. The quantitative estimate of drug-likeness (QED) is 0.685. The Bertz CT molecular complexity index is 759. The van der Waals surface area contributed by atoms with Crippen LogP contribution >= 0.6 is 22.9 Å². The van der Waals surface area contributed by atoms with E-state index in [1.807, 2.05) is 22.9 Å². The van der Waals surface area contributed by atoms with Gasteiger partial charge >= 0.3 is 0 Å². The third-order valence-corrected chi connectivity index (χ3v) is 3.88. The van der Waals surface area contributed by atoms with Crippen LogP contribution in [0.15, 0.2) is 29.0 Å². The minimum atomic E-state index is 0.371. The van der Waals surface area contributed by atoms with Crippen molar-refractivity contribution >= 4 is 33.8 Å². The summed E-state index contributed by atoms with van der Waals surface area (Å²) in [5.41, 5.74) is 1.64. The summed E-state index contributed by atoms with van der Waals surface area (Å²) in [5.74, 6) is 1.86. The van der Waals surface area contributed by atoms with E-state index in [-0.39, 0.29) is 0 Å². The smallest absolute Gasteiger partial charge is 0.162 e. The van der Waals surface area contributed by atoms with Gasteiger partial charge in [-0.05, 0) is 11.4 Å². The van der Waals surface area contributed by atoms with Crippen LogP contribution in [-0.4, -0.2) is 24.2 Å². The summed E-state index contributed by atoms with van der Waals surface area (Å²) in [6.45, 7) is 0. The van der Waals surface area contributed by atoms with Crippen molar-refractivity contribution < 1.29 is 9.47 Å². The summed E-state index contributed by atoms with van der Waals surface area (Å²) < 4.78 is 10.6. The molecule has 0 bridgehead atoms. The number of methoxy groups -OCH3 is 2. The van der Waals surface area contributed by atoms with E-state index < -0.39 is 0 Å². The Labute approximate surface area is 125 Å². The lowest BCUT2D eigenvalue weighted by molar-refractivity contribution is 0.398. The molecular formula is C14H11ClN2O2S. The van der Waals surface area contributed by atoms with Crippen molar-refractivity contribution in [3.05, 3.63) is 34.1 Å². The topological polar surface area (TPSA) is 44.2 Å². The molecule has 0 spiro atoms. The minimum Gasteiger partial charge on any atom is -0.497 e. The Morgan fingerprint density at radius 3 is 2.65 bits per heavy atom. The highest BCUT2D eigenvalue weighted by Gasteiger charge is 2.14. The fourth-order valence-electron chi connectivity index (χ4n) is 1.96. The molecular weight excluding hydrogens is 296 g/mol. The molecule has 20 heavy (non-hydrogen) atoms. The SMILES string of the molecule is COc1cc(OC)c2c(Cl)nc(-c3ccsc3)nc2c1. The molecule has 2 heterocycles. The number of ether oxygens (including phenoxy) is 2. The first-order valence-electron chi connectivity index (χ1n) is 5.84. The van der Waals surface area contributed by atoms with Crippen LogP contribution in [0.1, 0.15) is 0 Å². The van der Waals surface area contributed by atoms with Crippen molar-refractivity contribution in [3.63, 3.8) is 0 Å². The Hall–Kier alpha value is -1.85. The first kappa shape index (κ1) is 13.1. The molecule has 3 aromatic rings. The van der Waals surface area contributed by atoms with Crippen molar-refractivity contribution in [1.29, 1.82) is 0 Å². The van der Waals surface area contributed by atoms with Crippen LogP contribution in [0.2, 0.25) is 5.15 Å². The molecule has 0 fully saturated rings. The first-order chi connectivity index (χ1) is 9.72. The van der Waals surface area contributed by atoms with Gasteiger partial charge in [0.2, 0.25) is 0 Å². The number of halogens is 1. The molecule has 102 valence electrons. The zero-order valence-corrected chi connectivity index (χ0v) is 12.5. The third kappa shape index (κ3) is 2.19. The lowest BCUT2D eigenvalue weighted by atomic mass is 10.2. The second-order valence-corrected chi connectivity index (χ2v) is 5.21.